The summed E-state index contributed by atoms with van der Waals surface area (Å²) in [5.41, 5.74) is 2.93. The minimum absolute atomic E-state index is 0.0115. The first-order valence-corrected chi connectivity index (χ1v) is 10.5. The predicted molar refractivity (Wildman–Crippen MR) is 117 cm³/mol. The van der Waals surface area contributed by atoms with Crippen molar-refractivity contribution < 1.29 is 23.9 Å². The van der Waals surface area contributed by atoms with Gasteiger partial charge in [0.1, 0.15) is 12.4 Å². The molecule has 0 aliphatic heterocycles. The van der Waals surface area contributed by atoms with E-state index < -0.39 is 5.97 Å². The van der Waals surface area contributed by atoms with Crippen molar-refractivity contribution in [2.45, 2.75) is 32.6 Å². The van der Waals surface area contributed by atoms with Gasteiger partial charge >= 0.3 is 5.97 Å². The monoisotopic (exact) mass is 424 g/mol. The van der Waals surface area contributed by atoms with Crippen LogP contribution >= 0.6 is 0 Å². The molecule has 1 fully saturated rings. The standard InChI is InChI=1S/C24H28N2O5/c1-17-5-7-18(8-6-17)9-12-22(27)25-13-14-30-23(28)16-31-21-4-2-3-20(15-21)26-24(29)19-10-11-19/h2-8,15,19H,9-14,16H2,1H3,(H,25,27)(H,26,29). The Morgan fingerprint density at radius 1 is 1.06 bits per heavy atom. The fourth-order valence-electron chi connectivity index (χ4n) is 2.89. The van der Waals surface area contributed by atoms with Crippen LogP contribution in [0, 0.1) is 12.8 Å². The second-order valence-corrected chi connectivity index (χ2v) is 7.64. The van der Waals surface area contributed by atoms with Crippen LogP contribution < -0.4 is 15.4 Å². The second kappa shape index (κ2) is 11.2. The SMILES string of the molecule is Cc1ccc(CCC(=O)NCCOC(=O)COc2cccc(NC(=O)C3CC3)c2)cc1. The molecule has 0 saturated heterocycles. The Bertz CT molecular complexity index is 906. The van der Waals surface area contributed by atoms with Gasteiger partial charge in [-0.1, -0.05) is 35.9 Å². The van der Waals surface area contributed by atoms with E-state index in [1.165, 1.54) is 5.56 Å². The van der Waals surface area contributed by atoms with Gasteiger partial charge in [0.15, 0.2) is 6.61 Å². The molecule has 0 aromatic heterocycles. The van der Waals surface area contributed by atoms with Gasteiger partial charge in [-0.3, -0.25) is 9.59 Å². The van der Waals surface area contributed by atoms with Crippen LogP contribution in [0.3, 0.4) is 0 Å². The minimum atomic E-state index is -0.527. The Morgan fingerprint density at radius 2 is 1.84 bits per heavy atom. The van der Waals surface area contributed by atoms with Gasteiger partial charge in [0.25, 0.3) is 0 Å². The van der Waals surface area contributed by atoms with Gasteiger partial charge in [-0.15, -0.1) is 0 Å². The van der Waals surface area contributed by atoms with Gasteiger partial charge in [-0.25, -0.2) is 4.79 Å². The van der Waals surface area contributed by atoms with E-state index in [0.29, 0.717) is 24.3 Å². The summed E-state index contributed by atoms with van der Waals surface area (Å²) in [6.45, 7) is 2.10. The number of benzene rings is 2. The van der Waals surface area contributed by atoms with Crippen molar-refractivity contribution in [2.24, 2.45) is 5.92 Å². The van der Waals surface area contributed by atoms with E-state index in [2.05, 4.69) is 10.6 Å². The highest BCUT2D eigenvalue weighted by atomic mass is 16.6. The van der Waals surface area contributed by atoms with Crippen molar-refractivity contribution in [3.63, 3.8) is 0 Å². The Hall–Kier alpha value is -3.35. The number of hydrogen-bond acceptors (Lipinski definition) is 5. The number of hydrogen-bond donors (Lipinski definition) is 2. The number of anilines is 1. The lowest BCUT2D eigenvalue weighted by Gasteiger charge is -2.10. The summed E-state index contributed by atoms with van der Waals surface area (Å²) in [5.74, 6) is -0.0191. The molecule has 1 saturated carbocycles. The highest BCUT2D eigenvalue weighted by molar-refractivity contribution is 5.94. The van der Waals surface area contributed by atoms with Gasteiger partial charge in [0, 0.05) is 24.1 Å². The third-order valence-corrected chi connectivity index (χ3v) is 4.86. The number of amides is 2. The first kappa shape index (κ1) is 22.3. The van der Waals surface area contributed by atoms with E-state index in [9.17, 15) is 14.4 Å². The van der Waals surface area contributed by atoms with Crippen LogP contribution in [0.4, 0.5) is 5.69 Å². The summed E-state index contributed by atoms with van der Waals surface area (Å²) >= 11 is 0. The Kier molecular flexibility index (Phi) is 8.04. The number of ether oxygens (including phenoxy) is 2. The molecule has 7 nitrogen and oxygen atoms in total. The normalized spacial score (nSPS) is 12.7. The smallest absolute Gasteiger partial charge is 0.344 e. The van der Waals surface area contributed by atoms with Gasteiger partial charge in [-0.05, 0) is 43.9 Å². The Balaban J connectivity index is 1.27. The fraction of sp³-hybridized carbons (Fsp3) is 0.375. The third kappa shape index (κ3) is 8.12. The molecular weight excluding hydrogens is 396 g/mol. The summed E-state index contributed by atoms with van der Waals surface area (Å²) in [6, 6.07) is 15.0. The van der Waals surface area contributed by atoms with Crippen molar-refractivity contribution in [1.82, 2.24) is 5.32 Å². The lowest BCUT2D eigenvalue weighted by molar-refractivity contribution is -0.146. The highest BCUT2D eigenvalue weighted by Gasteiger charge is 2.29. The molecule has 0 radical (unpaired) electrons. The van der Waals surface area contributed by atoms with Crippen LogP contribution in [0.15, 0.2) is 48.5 Å². The number of rotatable bonds is 11. The first-order chi connectivity index (χ1) is 15.0. The van der Waals surface area contributed by atoms with Crippen molar-refractivity contribution in [3.8, 4) is 5.75 Å². The van der Waals surface area contributed by atoms with E-state index in [-0.39, 0.29) is 37.5 Å². The molecule has 0 unspecified atom stereocenters. The quantitative estimate of drug-likeness (QED) is 0.427. The lowest BCUT2D eigenvalue weighted by atomic mass is 10.1. The molecule has 0 heterocycles. The fourth-order valence-corrected chi connectivity index (χ4v) is 2.89. The zero-order chi connectivity index (χ0) is 22.1. The highest BCUT2D eigenvalue weighted by Crippen LogP contribution is 2.30. The molecule has 7 heteroatoms. The zero-order valence-corrected chi connectivity index (χ0v) is 17.7. The Labute approximate surface area is 182 Å². The molecule has 2 N–H and O–H groups in total. The summed E-state index contributed by atoms with van der Waals surface area (Å²) in [6.07, 6.45) is 2.91. The number of esters is 1. The summed E-state index contributed by atoms with van der Waals surface area (Å²) in [4.78, 5) is 35.5. The molecule has 2 aromatic carbocycles. The molecule has 2 aromatic rings. The molecule has 164 valence electrons. The molecule has 0 atom stereocenters. The average molecular weight is 424 g/mol. The number of aryl methyl sites for hydroxylation is 2. The molecule has 0 spiro atoms. The molecule has 2 amide bonds. The van der Waals surface area contributed by atoms with Gasteiger partial charge in [0.2, 0.25) is 11.8 Å². The topological polar surface area (TPSA) is 93.7 Å². The molecule has 0 bridgehead atoms. The van der Waals surface area contributed by atoms with E-state index in [4.69, 9.17) is 9.47 Å². The van der Waals surface area contributed by atoms with Gasteiger partial charge in [0.05, 0.1) is 6.54 Å². The van der Waals surface area contributed by atoms with Crippen molar-refractivity contribution in [2.75, 3.05) is 25.1 Å². The molecule has 1 aliphatic rings. The van der Waals surface area contributed by atoms with Crippen molar-refractivity contribution >= 4 is 23.5 Å². The van der Waals surface area contributed by atoms with Crippen LogP contribution in [0.1, 0.15) is 30.4 Å². The van der Waals surface area contributed by atoms with E-state index in [1.807, 2.05) is 31.2 Å². The molecule has 31 heavy (non-hydrogen) atoms. The number of nitrogens with one attached hydrogen (secondary N) is 2. The zero-order valence-electron chi connectivity index (χ0n) is 17.7. The first-order valence-electron chi connectivity index (χ1n) is 10.5. The third-order valence-electron chi connectivity index (χ3n) is 4.86. The van der Waals surface area contributed by atoms with Gasteiger partial charge in [-0.2, -0.15) is 0 Å². The van der Waals surface area contributed by atoms with Crippen LogP contribution in [-0.4, -0.2) is 37.5 Å². The number of carbonyl (C=O) groups excluding carboxylic acids is 3. The van der Waals surface area contributed by atoms with Crippen molar-refractivity contribution in [3.05, 3.63) is 59.7 Å². The largest absolute Gasteiger partial charge is 0.482 e. The van der Waals surface area contributed by atoms with E-state index in [0.717, 1.165) is 18.4 Å². The van der Waals surface area contributed by atoms with Crippen LogP contribution in [-0.2, 0) is 25.5 Å². The van der Waals surface area contributed by atoms with Crippen LogP contribution in [0.5, 0.6) is 5.75 Å². The maximum atomic E-state index is 11.9. The maximum absolute atomic E-state index is 11.9. The maximum Gasteiger partial charge on any atom is 0.344 e. The number of carbonyl (C=O) groups is 3. The summed E-state index contributed by atoms with van der Waals surface area (Å²) < 4.78 is 10.5. The van der Waals surface area contributed by atoms with Crippen LogP contribution in [0.25, 0.3) is 0 Å². The lowest BCUT2D eigenvalue weighted by Crippen LogP contribution is -2.29. The average Bonchev–Trinajstić information content (AvgIpc) is 3.61. The minimum Gasteiger partial charge on any atom is -0.482 e. The molecule has 3 rings (SSSR count). The summed E-state index contributed by atoms with van der Waals surface area (Å²) in [7, 11) is 0. The summed E-state index contributed by atoms with van der Waals surface area (Å²) in [5, 5.41) is 5.57. The predicted octanol–water partition coefficient (Wildman–Crippen LogP) is 3.01. The van der Waals surface area contributed by atoms with E-state index >= 15 is 0 Å². The molecule has 1 aliphatic carbocycles. The van der Waals surface area contributed by atoms with E-state index in [1.54, 1.807) is 24.3 Å². The van der Waals surface area contributed by atoms with Crippen molar-refractivity contribution in [1.29, 1.82) is 0 Å². The van der Waals surface area contributed by atoms with Crippen LogP contribution in [0.2, 0.25) is 0 Å². The second-order valence-electron chi connectivity index (χ2n) is 7.64. The Morgan fingerprint density at radius 3 is 2.58 bits per heavy atom. The van der Waals surface area contributed by atoms with Gasteiger partial charge < -0.3 is 20.1 Å². The molecular formula is C24H28N2O5.